The van der Waals surface area contributed by atoms with E-state index in [1.54, 1.807) is 30.6 Å². The SMILES string of the molecule is Fc1ccccc1-c1nc(NNc2ccncc2)c2ccccc2n1. The largest absolute Gasteiger partial charge is 0.300 e. The van der Waals surface area contributed by atoms with E-state index in [1.165, 1.54) is 6.07 Å². The van der Waals surface area contributed by atoms with Crippen molar-refractivity contribution in [3.8, 4) is 11.4 Å². The Morgan fingerprint density at radius 2 is 1.52 bits per heavy atom. The van der Waals surface area contributed by atoms with Crippen LogP contribution in [0.4, 0.5) is 15.9 Å². The molecule has 0 amide bonds. The summed E-state index contributed by atoms with van der Waals surface area (Å²) in [6, 6.07) is 17.7. The normalized spacial score (nSPS) is 10.6. The first kappa shape index (κ1) is 15.0. The third-order valence-corrected chi connectivity index (χ3v) is 3.72. The summed E-state index contributed by atoms with van der Waals surface area (Å²) < 4.78 is 14.1. The van der Waals surface area contributed by atoms with E-state index in [1.807, 2.05) is 36.4 Å². The van der Waals surface area contributed by atoms with Gasteiger partial charge >= 0.3 is 0 Å². The van der Waals surface area contributed by atoms with E-state index in [0.29, 0.717) is 17.2 Å². The Hall–Kier alpha value is -3.54. The van der Waals surface area contributed by atoms with Crippen LogP contribution < -0.4 is 10.9 Å². The van der Waals surface area contributed by atoms with Gasteiger partial charge in [0.1, 0.15) is 5.82 Å². The summed E-state index contributed by atoms with van der Waals surface area (Å²) in [6.07, 6.45) is 3.37. The first-order chi connectivity index (χ1) is 12.3. The van der Waals surface area contributed by atoms with Crippen molar-refractivity contribution in [3.05, 3.63) is 78.9 Å². The lowest BCUT2D eigenvalue weighted by molar-refractivity contribution is 0.630. The number of nitrogens with zero attached hydrogens (tertiary/aromatic N) is 3. The average molecular weight is 331 g/mol. The van der Waals surface area contributed by atoms with Crippen LogP contribution in [0.3, 0.4) is 0 Å². The zero-order valence-electron chi connectivity index (χ0n) is 13.1. The minimum absolute atomic E-state index is 0.329. The van der Waals surface area contributed by atoms with Gasteiger partial charge in [-0.15, -0.1) is 0 Å². The summed E-state index contributed by atoms with van der Waals surface area (Å²) >= 11 is 0. The predicted octanol–water partition coefficient (Wildman–Crippen LogP) is 4.27. The van der Waals surface area contributed by atoms with Crippen LogP contribution in [0.15, 0.2) is 73.1 Å². The van der Waals surface area contributed by atoms with Gasteiger partial charge in [-0.1, -0.05) is 24.3 Å². The van der Waals surface area contributed by atoms with Crippen LogP contribution >= 0.6 is 0 Å². The average Bonchev–Trinajstić information content (AvgIpc) is 2.67. The summed E-state index contributed by atoms with van der Waals surface area (Å²) in [6.45, 7) is 0. The summed E-state index contributed by atoms with van der Waals surface area (Å²) in [7, 11) is 0. The highest BCUT2D eigenvalue weighted by Gasteiger charge is 2.12. The molecule has 122 valence electrons. The number of aromatic nitrogens is 3. The number of pyridine rings is 1. The zero-order chi connectivity index (χ0) is 17.1. The number of rotatable bonds is 4. The highest BCUT2D eigenvalue weighted by molar-refractivity contribution is 5.91. The van der Waals surface area contributed by atoms with Gasteiger partial charge in [-0.05, 0) is 36.4 Å². The number of para-hydroxylation sites is 1. The standard InChI is InChI=1S/C19H14FN5/c20-16-7-3-1-5-14(16)18-22-17-8-4-2-6-15(17)19(23-18)25-24-13-9-11-21-12-10-13/h1-12H,(H,21,24)(H,22,23,25). The van der Waals surface area contributed by atoms with Crippen LogP contribution in [0.5, 0.6) is 0 Å². The van der Waals surface area contributed by atoms with Crippen molar-refractivity contribution in [1.82, 2.24) is 15.0 Å². The molecule has 4 aromatic rings. The number of nitrogens with one attached hydrogen (secondary N) is 2. The van der Waals surface area contributed by atoms with Crippen molar-refractivity contribution in [3.63, 3.8) is 0 Å². The van der Waals surface area contributed by atoms with Crippen LogP contribution in [0, 0.1) is 5.82 Å². The van der Waals surface area contributed by atoms with E-state index in [-0.39, 0.29) is 5.82 Å². The summed E-state index contributed by atoms with van der Waals surface area (Å²) in [5, 5.41) is 0.837. The third kappa shape index (κ3) is 3.10. The molecule has 0 aliphatic carbocycles. The molecule has 25 heavy (non-hydrogen) atoms. The Morgan fingerprint density at radius 1 is 0.760 bits per heavy atom. The second-order valence-electron chi connectivity index (χ2n) is 5.38. The van der Waals surface area contributed by atoms with Crippen molar-refractivity contribution in [1.29, 1.82) is 0 Å². The fourth-order valence-electron chi connectivity index (χ4n) is 2.50. The topological polar surface area (TPSA) is 62.7 Å². The van der Waals surface area contributed by atoms with E-state index in [4.69, 9.17) is 0 Å². The number of hydrogen-bond acceptors (Lipinski definition) is 5. The van der Waals surface area contributed by atoms with Crippen molar-refractivity contribution in [2.75, 3.05) is 10.9 Å². The highest BCUT2D eigenvalue weighted by Crippen LogP contribution is 2.26. The zero-order valence-corrected chi connectivity index (χ0v) is 13.1. The number of fused-ring (bicyclic) bond motifs is 1. The van der Waals surface area contributed by atoms with Crippen molar-refractivity contribution >= 4 is 22.4 Å². The molecule has 0 saturated heterocycles. The predicted molar refractivity (Wildman–Crippen MR) is 96.4 cm³/mol. The molecule has 0 aliphatic heterocycles. The van der Waals surface area contributed by atoms with Crippen LogP contribution in [-0.4, -0.2) is 15.0 Å². The summed E-state index contributed by atoms with van der Waals surface area (Å²) in [5.74, 6) is 0.544. The Labute approximate surface area is 143 Å². The third-order valence-electron chi connectivity index (χ3n) is 3.72. The molecule has 0 aliphatic rings. The molecule has 5 nitrogen and oxygen atoms in total. The van der Waals surface area contributed by atoms with E-state index < -0.39 is 0 Å². The van der Waals surface area contributed by atoms with Gasteiger partial charge in [-0.2, -0.15) is 0 Å². The molecule has 6 heteroatoms. The quantitative estimate of drug-likeness (QED) is 0.547. The molecule has 0 atom stereocenters. The van der Waals surface area contributed by atoms with Gasteiger partial charge in [0.25, 0.3) is 0 Å². The van der Waals surface area contributed by atoms with E-state index in [0.717, 1.165) is 16.6 Å². The smallest absolute Gasteiger partial charge is 0.165 e. The molecule has 4 rings (SSSR count). The van der Waals surface area contributed by atoms with Crippen LogP contribution in [0.25, 0.3) is 22.3 Å². The molecule has 2 aromatic heterocycles. The Bertz CT molecular complexity index is 1020. The molecule has 0 bridgehead atoms. The first-order valence-electron chi connectivity index (χ1n) is 7.75. The second kappa shape index (κ2) is 6.52. The van der Waals surface area contributed by atoms with Gasteiger partial charge < -0.3 is 0 Å². The maximum absolute atomic E-state index is 14.1. The lowest BCUT2D eigenvalue weighted by Crippen LogP contribution is -2.11. The number of hydrogen-bond donors (Lipinski definition) is 2. The fraction of sp³-hybridized carbons (Fsp3) is 0. The number of halogens is 1. The number of anilines is 2. The molecule has 2 N–H and O–H groups in total. The Balaban J connectivity index is 1.78. The van der Waals surface area contributed by atoms with Gasteiger partial charge in [-0.25, -0.2) is 14.4 Å². The van der Waals surface area contributed by atoms with Gasteiger partial charge in [0, 0.05) is 17.8 Å². The molecule has 0 radical (unpaired) electrons. The molecule has 0 fully saturated rings. The fourth-order valence-corrected chi connectivity index (χ4v) is 2.50. The minimum atomic E-state index is -0.356. The van der Waals surface area contributed by atoms with E-state index in [2.05, 4.69) is 25.8 Å². The molecule has 2 aromatic carbocycles. The first-order valence-corrected chi connectivity index (χ1v) is 7.75. The van der Waals surface area contributed by atoms with Crippen molar-refractivity contribution < 1.29 is 4.39 Å². The lowest BCUT2D eigenvalue weighted by Gasteiger charge is -2.13. The second-order valence-corrected chi connectivity index (χ2v) is 5.38. The molecular weight excluding hydrogens is 317 g/mol. The minimum Gasteiger partial charge on any atom is -0.300 e. The van der Waals surface area contributed by atoms with Gasteiger partial charge in [0.15, 0.2) is 11.6 Å². The van der Waals surface area contributed by atoms with Crippen molar-refractivity contribution in [2.45, 2.75) is 0 Å². The van der Waals surface area contributed by atoms with Crippen LogP contribution in [0.1, 0.15) is 0 Å². The summed E-state index contributed by atoms with van der Waals surface area (Å²) in [5.41, 5.74) is 8.09. The molecule has 0 spiro atoms. The van der Waals surface area contributed by atoms with Crippen LogP contribution in [0.2, 0.25) is 0 Å². The van der Waals surface area contributed by atoms with Gasteiger partial charge in [-0.3, -0.25) is 15.8 Å². The highest BCUT2D eigenvalue weighted by atomic mass is 19.1. The number of hydrazine groups is 1. The molecular formula is C19H14FN5. The number of benzene rings is 2. The van der Waals surface area contributed by atoms with Crippen LogP contribution in [-0.2, 0) is 0 Å². The molecule has 2 heterocycles. The van der Waals surface area contributed by atoms with Crippen molar-refractivity contribution in [2.24, 2.45) is 0 Å². The van der Waals surface area contributed by atoms with E-state index >= 15 is 0 Å². The Kier molecular flexibility index (Phi) is 3.92. The monoisotopic (exact) mass is 331 g/mol. The summed E-state index contributed by atoms with van der Waals surface area (Å²) in [4.78, 5) is 13.0. The molecule has 0 saturated carbocycles. The Morgan fingerprint density at radius 3 is 2.36 bits per heavy atom. The lowest BCUT2D eigenvalue weighted by atomic mass is 10.1. The maximum Gasteiger partial charge on any atom is 0.165 e. The van der Waals surface area contributed by atoms with Gasteiger partial charge in [0.05, 0.1) is 16.8 Å². The van der Waals surface area contributed by atoms with Gasteiger partial charge in [0.2, 0.25) is 0 Å². The maximum atomic E-state index is 14.1. The molecule has 0 unspecified atom stereocenters. The van der Waals surface area contributed by atoms with E-state index in [9.17, 15) is 4.39 Å².